The molecule has 3 nitrogen and oxygen atoms in total. The molecule has 0 saturated carbocycles. The van der Waals surface area contributed by atoms with Crippen molar-refractivity contribution in [2.24, 2.45) is 11.7 Å². The number of rotatable bonds is 4. The summed E-state index contributed by atoms with van der Waals surface area (Å²) in [7, 11) is 0. The molecule has 17 heavy (non-hydrogen) atoms. The molecule has 0 aliphatic heterocycles. The Labute approximate surface area is 106 Å². The topological polar surface area (TPSA) is 50.9 Å². The van der Waals surface area contributed by atoms with Crippen LogP contribution in [0.4, 0.5) is 5.00 Å². The van der Waals surface area contributed by atoms with E-state index in [4.69, 9.17) is 5.73 Å². The van der Waals surface area contributed by atoms with Crippen LogP contribution < -0.4 is 11.1 Å². The van der Waals surface area contributed by atoms with Crippen LogP contribution in [0.2, 0.25) is 0 Å². The van der Waals surface area contributed by atoms with Crippen molar-refractivity contribution in [2.75, 3.05) is 11.9 Å². The highest BCUT2D eigenvalue weighted by atomic mass is 32.1. The summed E-state index contributed by atoms with van der Waals surface area (Å²) in [6.07, 6.45) is 0. The van der Waals surface area contributed by atoms with Crippen LogP contribution in [-0.2, 0) is 0 Å². The van der Waals surface area contributed by atoms with Gasteiger partial charge in [-0.2, -0.15) is 4.37 Å². The highest BCUT2D eigenvalue weighted by Crippen LogP contribution is 2.31. The molecule has 1 unspecified atom stereocenters. The predicted octanol–water partition coefficient (Wildman–Crippen LogP) is 3.08. The first-order valence-electron chi connectivity index (χ1n) is 5.89. The van der Waals surface area contributed by atoms with Crippen molar-refractivity contribution in [1.29, 1.82) is 0 Å². The van der Waals surface area contributed by atoms with E-state index < -0.39 is 0 Å². The van der Waals surface area contributed by atoms with Gasteiger partial charge in [-0.05, 0) is 36.5 Å². The van der Waals surface area contributed by atoms with E-state index in [0.717, 1.165) is 10.5 Å². The van der Waals surface area contributed by atoms with E-state index in [9.17, 15) is 0 Å². The zero-order chi connectivity index (χ0) is 12.5. The largest absolute Gasteiger partial charge is 0.368 e. The van der Waals surface area contributed by atoms with E-state index in [1.807, 2.05) is 18.2 Å². The second kappa shape index (κ2) is 4.63. The molecule has 0 aliphatic rings. The standard InChI is InChI=1S/C13H19N3S/c1-9(2)13(3,8-14)15-12-10-6-4-5-7-11(10)16-17-12/h4-7,9,15H,8,14H2,1-3H3. The van der Waals surface area contributed by atoms with Crippen molar-refractivity contribution in [3.63, 3.8) is 0 Å². The number of anilines is 1. The van der Waals surface area contributed by atoms with Crippen molar-refractivity contribution >= 4 is 27.4 Å². The predicted molar refractivity (Wildman–Crippen MR) is 75.5 cm³/mol. The Hall–Kier alpha value is -1.13. The Morgan fingerprint density at radius 1 is 1.41 bits per heavy atom. The lowest BCUT2D eigenvalue weighted by atomic mass is 9.88. The van der Waals surface area contributed by atoms with E-state index in [0.29, 0.717) is 12.5 Å². The smallest absolute Gasteiger partial charge is 0.117 e. The fraction of sp³-hybridized carbons (Fsp3) is 0.462. The second-order valence-corrected chi connectivity index (χ2v) is 5.70. The molecule has 1 atom stereocenters. The monoisotopic (exact) mass is 249 g/mol. The van der Waals surface area contributed by atoms with Gasteiger partial charge in [-0.1, -0.05) is 26.0 Å². The van der Waals surface area contributed by atoms with Gasteiger partial charge < -0.3 is 11.1 Å². The molecule has 0 bridgehead atoms. The van der Waals surface area contributed by atoms with Crippen LogP contribution in [0, 0.1) is 5.92 Å². The highest BCUT2D eigenvalue weighted by Gasteiger charge is 2.27. The van der Waals surface area contributed by atoms with Gasteiger partial charge in [0.25, 0.3) is 0 Å². The molecule has 1 aromatic carbocycles. The molecule has 2 rings (SSSR count). The number of nitrogens with one attached hydrogen (secondary N) is 1. The lowest BCUT2D eigenvalue weighted by Crippen LogP contribution is -2.46. The summed E-state index contributed by atoms with van der Waals surface area (Å²) in [4.78, 5) is 0. The summed E-state index contributed by atoms with van der Waals surface area (Å²) < 4.78 is 4.43. The zero-order valence-electron chi connectivity index (χ0n) is 10.5. The average molecular weight is 249 g/mol. The molecule has 4 heteroatoms. The first-order chi connectivity index (χ1) is 8.07. The number of nitrogens with zero attached hydrogens (tertiary/aromatic N) is 1. The number of hydrogen-bond acceptors (Lipinski definition) is 4. The van der Waals surface area contributed by atoms with Crippen LogP contribution in [0.15, 0.2) is 24.3 Å². The van der Waals surface area contributed by atoms with E-state index in [-0.39, 0.29) is 5.54 Å². The van der Waals surface area contributed by atoms with Crippen LogP contribution in [0.1, 0.15) is 20.8 Å². The average Bonchev–Trinajstić information content (AvgIpc) is 2.72. The Morgan fingerprint density at radius 2 is 2.12 bits per heavy atom. The summed E-state index contributed by atoms with van der Waals surface area (Å²) in [5.41, 5.74) is 6.85. The van der Waals surface area contributed by atoms with Crippen LogP contribution >= 0.6 is 11.5 Å². The molecule has 0 fully saturated rings. The number of nitrogens with two attached hydrogens (primary N) is 1. The van der Waals surface area contributed by atoms with Crippen molar-refractivity contribution in [3.8, 4) is 0 Å². The van der Waals surface area contributed by atoms with Gasteiger partial charge in [0.1, 0.15) is 5.00 Å². The summed E-state index contributed by atoms with van der Waals surface area (Å²) >= 11 is 1.51. The van der Waals surface area contributed by atoms with Gasteiger partial charge >= 0.3 is 0 Å². The summed E-state index contributed by atoms with van der Waals surface area (Å²) in [5, 5.41) is 5.85. The molecule has 3 N–H and O–H groups in total. The second-order valence-electron chi connectivity index (χ2n) is 4.93. The third-order valence-corrected chi connectivity index (χ3v) is 4.27. The van der Waals surface area contributed by atoms with Crippen LogP contribution in [-0.4, -0.2) is 16.5 Å². The Morgan fingerprint density at radius 3 is 2.76 bits per heavy atom. The molecule has 0 amide bonds. The van der Waals surface area contributed by atoms with E-state index >= 15 is 0 Å². The molecule has 0 radical (unpaired) electrons. The van der Waals surface area contributed by atoms with Crippen LogP contribution in [0.5, 0.6) is 0 Å². The first kappa shape index (κ1) is 12.3. The van der Waals surface area contributed by atoms with Gasteiger partial charge in [0.05, 0.1) is 5.52 Å². The Balaban J connectivity index is 2.35. The fourth-order valence-corrected chi connectivity index (χ4v) is 2.57. The van der Waals surface area contributed by atoms with E-state index in [1.165, 1.54) is 16.9 Å². The minimum absolute atomic E-state index is 0.0880. The molecule has 92 valence electrons. The van der Waals surface area contributed by atoms with Gasteiger partial charge in [-0.25, -0.2) is 0 Å². The quantitative estimate of drug-likeness (QED) is 0.875. The number of aromatic nitrogens is 1. The van der Waals surface area contributed by atoms with Crippen LogP contribution in [0.25, 0.3) is 10.9 Å². The maximum Gasteiger partial charge on any atom is 0.117 e. The zero-order valence-corrected chi connectivity index (χ0v) is 11.3. The maximum absolute atomic E-state index is 5.89. The normalized spacial score (nSPS) is 15.1. The molecule has 2 aromatic rings. The lowest BCUT2D eigenvalue weighted by molar-refractivity contribution is 0.384. The number of hydrogen-bond donors (Lipinski definition) is 2. The molecular formula is C13H19N3S. The van der Waals surface area contributed by atoms with Crippen molar-refractivity contribution in [1.82, 2.24) is 4.37 Å². The molecule has 0 aliphatic carbocycles. The molecule has 1 heterocycles. The summed E-state index contributed by atoms with van der Waals surface area (Å²) in [6.45, 7) is 7.13. The molecule has 1 aromatic heterocycles. The number of benzene rings is 1. The van der Waals surface area contributed by atoms with Gasteiger partial charge in [0.15, 0.2) is 0 Å². The lowest BCUT2D eigenvalue weighted by Gasteiger charge is -2.34. The Bertz CT molecular complexity index is 506. The third kappa shape index (κ3) is 2.28. The van der Waals surface area contributed by atoms with E-state index in [1.54, 1.807) is 0 Å². The summed E-state index contributed by atoms with van der Waals surface area (Å²) in [6, 6.07) is 8.18. The first-order valence-corrected chi connectivity index (χ1v) is 6.67. The SMILES string of the molecule is CC(C)C(C)(CN)Nc1snc2ccccc12. The maximum atomic E-state index is 5.89. The number of fused-ring (bicyclic) bond motifs is 1. The highest BCUT2D eigenvalue weighted by molar-refractivity contribution is 7.11. The van der Waals surface area contributed by atoms with Gasteiger partial charge in [-0.15, -0.1) is 0 Å². The van der Waals surface area contributed by atoms with Gasteiger partial charge in [0.2, 0.25) is 0 Å². The van der Waals surface area contributed by atoms with Gasteiger partial charge in [-0.3, -0.25) is 0 Å². The fourth-order valence-electron chi connectivity index (χ4n) is 1.67. The van der Waals surface area contributed by atoms with Crippen LogP contribution in [0.3, 0.4) is 0 Å². The molecule has 0 spiro atoms. The van der Waals surface area contributed by atoms with Crippen molar-refractivity contribution in [3.05, 3.63) is 24.3 Å². The molecular weight excluding hydrogens is 230 g/mol. The minimum atomic E-state index is -0.0880. The van der Waals surface area contributed by atoms with Crippen molar-refractivity contribution < 1.29 is 0 Å². The third-order valence-electron chi connectivity index (χ3n) is 3.48. The summed E-state index contributed by atoms with van der Waals surface area (Å²) in [5.74, 6) is 0.466. The van der Waals surface area contributed by atoms with E-state index in [2.05, 4.69) is 36.5 Å². The van der Waals surface area contributed by atoms with Gasteiger partial charge in [0, 0.05) is 17.5 Å². The Kier molecular flexibility index (Phi) is 3.35. The van der Waals surface area contributed by atoms with Crippen molar-refractivity contribution in [2.45, 2.75) is 26.3 Å². The minimum Gasteiger partial charge on any atom is -0.368 e. The molecule has 0 saturated heterocycles.